The van der Waals surface area contributed by atoms with Crippen LogP contribution in [0.4, 0.5) is 0 Å². The number of pyridine rings is 1. The Balaban J connectivity index is 0.00000144. The molecule has 0 spiro atoms. The molecule has 0 aliphatic heterocycles. The summed E-state index contributed by atoms with van der Waals surface area (Å²) < 4.78 is 0. The molecule has 2 aromatic heterocycles. The van der Waals surface area contributed by atoms with Crippen LogP contribution in [0.2, 0.25) is 0 Å². The fraction of sp³-hybridized carbons (Fsp3) is 0. The summed E-state index contributed by atoms with van der Waals surface area (Å²) >= 11 is 0. The van der Waals surface area contributed by atoms with Gasteiger partial charge >= 0.3 is 5.97 Å². The Kier molecular flexibility index (Phi) is 3.39. The average Bonchev–Trinajstić information content (AvgIpc) is 2.85. The molecule has 108 valence electrons. The third-order valence-electron chi connectivity index (χ3n) is 3.64. The minimum Gasteiger partial charge on any atom is -0.478 e. The molecule has 0 fully saturated rings. The minimum absolute atomic E-state index is 0. The molecule has 4 nitrogen and oxygen atoms in total. The van der Waals surface area contributed by atoms with Crippen molar-refractivity contribution in [1.82, 2.24) is 9.97 Å². The maximum absolute atomic E-state index is 11.1. The molecule has 0 unspecified atom stereocenters. The topological polar surface area (TPSA) is 63.1 Å². The molecule has 0 saturated heterocycles. The summed E-state index contributed by atoms with van der Waals surface area (Å²) in [5.41, 5.74) is 1.94. The maximum Gasteiger partial charge on any atom is 0.337 e. The number of rotatable bonds is 1. The third kappa shape index (κ3) is 2.14. The number of aromatic carboxylic acids is 1. The van der Waals surface area contributed by atoms with Gasteiger partial charge in [-0.2, -0.15) is 0 Å². The highest BCUT2D eigenvalue weighted by atomic mass is 35.5. The van der Waals surface area contributed by atoms with Crippen molar-refractivity contribution in [1.29, 1.82) is 0 Å². The lowest BCUT2D eigenvalue weighted by atomic mass is 10.1. The van der Waals surface area contributed by atoms with Crippen LogP contribution in [-0.4, -0.2) is 21.0 Å². The predicted octanol–water partition coefficient (Wildman–Crippen LogP) is 4.06. The first-order valence-electron chi connectivity index (χ1n) is 6.53. The van der Waals surface area contributed by atoms with Crippen LogP contribution in [0.3, 0.4) is 0 Å². The van der Waals surface area contributed by atoms with Gasteiger partial charge in [0, 0.05) is 28.6 Å². The molecule has 5 heteroatoms. The summed E-state index contributed by atoms with van der Waals surface area (Å²) in [6, 6.07) is 13.5. The molecule has 2 heterocycles. The van der Waals surface area contributed by atoms with Gasteiger partial charge in [-0.15, -0.1) is 12.4 Å². The second-order valence-corrected chi connectivity index (χ2v) is 4.94. The monoisotopic (exact) mass is 310 g/mol. The van der Waals surface area contributed by atoms with E-state index < -0.39 is 5.97 Å². The van der Waals surface area contributed by atoms with Gasteiger partial charge in [-0.05, 0) is 29.7 Å². The van der Waals surface area contributed by atoms with Crippen molar-refractivity contribution in [3.8, 4) is 0 Å². The normalized spacial score (nSPS) is 10.7. The molecular weight excluding hydrogens is 300 g/mol. The fourth-order valence-electron chi connectivity index (χ4n) is 2.61. The van der Waals surface area contributed by atoms with E-state index in [1.54, 1.807) is 12.3 Å². The molecule has 2 aromatic carbocycles. The van der Waals surface area contributed by atoms with Crippen molar-refractivity contribution in [2.75, 3.05) is 0 Å². The van der Waals surface area contributed by atoms with Crippen molar-refractivity contribution in [2.45, 2.75) is 0 Å². The summed E-state index contributed by atoms with van der Waals surface area (Å²) in [6.07, 6.45) is 3.18. The van der Waals surface area contributed by atoms with E-state index >= 15 is 0 Å². The number of carboxylic acid groups (broad SMARTS) is 1. The smallest absolute Gasteiger partial charge is 0.337 e. The first kappa shape index (κ1) is 14.2. The lowest BCUT2D eigenvalue weighted by Gasteiger charge is -2.00. The number of benzene rings is 1. The molecule has 0 atom stereocenters. The molecule has 0 radical (unpaired) electrons. The summed E-state index contributed by atoms with van der Waals surface area (Å²) in [7, 11) is 0. The van der Waals surface area contributed by atoms with Crippen LogP contribution in [0.1, 0.15) is 10.4 Å². The molecule has 22 heavy (non-hydrogen) atoms. The minimum atomic E-state index is -0.970. The molecule has 0 bridgehead atoms. The van der Waals surface area contributed by atoms with E-state index in [1.165, 1.54) is 6.20 Å². The van der Waals surface area contributed by atoms with E-state index in [0.717, 1.165) is 32.6 Å². The van der Waals surface area contributed by atoms with Gasteiger partial charge in [-0.3, -0.25) is 9.97 Å². The second-order valence-electron chi connectivity index (χ2n) is 4.94. The first-order chi connectivity index (χ1) is 10.2. The molecule has 4 aromatic rings. The molecule has 0 aliphatic carbocycles. The molecule has 0 amide bonds. The number of aromatic nitrogens is 2. The fourth-order valence-corrected chi connectivity index (χ4v) is 2.61. The Morgan fingerprint density at radius 2 is 1.77 bits per heavy atom. The SMILES string of the molecule is Cl.O=C(O)c1cnc2c(cccc3cc4nccc4cc32)c1. The zero-order chi connectivity index (χ0) is 14.4. The second kappa shape index (κ2) is 5.24. The van der Waals surface area contributed by atoms with Gasteiger partial charge in [-0.1, -0.05) is 18.2 Å². The van der Waals surface area contributed by atoms with E-state index in [2.05, 4.69) is 9.97 Å². The lowest BCUT2D eigenvalue weighted by molar-refractivity contribution is 0.0696. The molecule has 0 aliphatic rings. The van der Waals surface area contributed by atoms with Crippen LogP contribution in [0.15, 0.2) is 54.9 Å². The number of carboxylic acids is 1. The van der Waals surface area contributed by atoms with Crippen molar-refractivity contribution in [3.63, 3.8) is 0 Å². The average molecular weight is 311 g/mol. The highest BCUT2D eigenvalue weighted by molar-refractivity contribution is 6.09. The molecule has 0 saturated carbocycles. The van der Waals surface area contributed by atoms with Crippen LogP contribution >= 0.6 is 12.4 Å². The standard InChI is InChI=1S/C17H10N2O2.ClH/c20-17(21)13-6-12-3-1-2-10-8-15-11(4-5-18-15)7-14(10)16(12)19-9-13;/h1-9H,(H,20,21);1H. The van der Waals surface area contributed by atoms with E-state index in [-0.39, 0.29) is 18.0 Å². The Labute approximate surface area is 131 Å². The van der Waals surface area contributed by atoms with Crippen LogP contribution < -0.4 is 0 Å². The largest absolute Gasteiger partial charge is 0.478 e. The third-order valence-corrected chi connectivity index (χ3v) is 3.64. The molecule has 1 N–H and O–H groups in total. The van der Waals surface area contributed by atoms with Crippen molar-refractivity contribution < 1.29 is 9.90 Å². The summed E-state index contributed by atoms with van der Waals surface area (Å²) in [5.74, 6) is -0.970. The Morgan fingerprint density at radius 1 is 0.955 bits per heavy atom. The van der Waals surface area contributed by atoms with E-state index in [1.807, 2.05) is 36.4 Å². The van der Waals surface area contributed by atoms with Crippen LogP contribution in [0.5, 0.6) is 0 Å². The quantitative estimate of drug-likeness (QED) is 0.576. The van der Waals surface area contributed by atoms with Gasteiger partial charge in [0.15, 0.2) is 0 Å². The highest BCUT2D eigenvalue weighted by Gasteiger charge is 2.07. The van der Waals surface area contributed by atoms with Crippen molar-refractivity contribution >= 4 is 51.0 Å². The number of hydrogen-bond donors (Lipinski definition) is 1. The maximum atomic E-state index is 11.1. The molecular formula is C17H11ClN2O2. The highest BCUT2D eigenvalue weighted by Crippen LogP contribution is 2.27. The molecule has 4 rings (SSSR count). The zero-order valence-corrected chi connectivity index (χ0v) is 12.2. The summed E-state index contributed by atoms with van der Waals surface area (Å²) in [6.45, 7) is 0. The van der Waals surface area contributed by atoms with Gasteiger partial charge in [0.2, 0.25) is 0 Å². The summed E-state index contributed by atoms with van der Waals surface area (Å²) in [5, 5.41) is 13.0. The van der Waals surface area contributed by atoms with E-state index in [9.17, 15) is 4.79 Å². The van der Waals surface area contributed by atoms with Gasteiger partial charge < -0.3 is 5.11 Å². The Morgan fingerprint density at radius 3 is 2.59 bits per heavy atom. The van der Waals surface area contributed by atoms with Gasteiger partial charge in [0.05, 0.1) is 16.6 Å². The number of hydrogen-bond acceptors (Lipinski definition) is 3. The van der Waals surface area contributed by atoms with Crippen LogP contribution in [0, 0.1) is 0 Å². The number of nitrogens with zero attached hydrogens (tertiary/aromatic N) is 2. The van der Waals surface area contributed by atoms with E-state index in [4.69, 9.17) is 5.11 Å². The summed E-state index contributed by atoms with van der Waals surface area (Å²) in [4.78, 5) is 19.7. The van der Waals surface area contributed by atoms with Gasteiger partial charge in [0.25, 0.3) is 0 Å². The number of fused-ring (bicyclic) bond motifs is 4. The number of carbonyl (C=O) groups is 1. The zero-order valence-electron chi connectivity index (χ0n) is 11.4. The Bertz CT molecular complexity index is 1030. The van der Waals surface area contributed by atoms with Crippen LogP contribution in [-0.2, 0) is 0 Å². The first-order valence-corrected chi connectivity index (χ1v) is 6.53. The van der Waals surface area contributed by atoms with E-state index in [0.29, 0.717) is 0 Å². The lowest BCUT2D eigenvalue weighted by Crippen LogP contribution is -1.96. The van der Waals surface area contributed by atoms with Crippen LogP contribution in [0.25, 0.3) is 32.6 Å². The Hall–Kier alpha value is -2.72. The van der Waals surface area contributed by atoms with Crippen molar-refractivity contribution in [3.05, 3.63) is 60.4 Å². The predicted molar refractivity (Wildman–Crippen MR) is 88.8 cm³/mol. The number of halogens is 1. The van der Waals surface area contributed by atoms with Gasteiger partial charge in [0.1, 0.15) is 0 Å². The van der Waals surface area contributed by atoms with Gasteiger partial charge in [-0.25, -0.2) is 4.79 Å². The van der Waals surface area contributed by atoms with Crippen molar-refractivity contribution in [2.24, 2.45) is 0 Å².